The molecule has 0 bridgehead atoms. The number of anilines is 1. The van der Waals surface area contributed by atoms with Gasteiger partial charge in [-0.3, -0.25) is 4.90 Å². The molecular formula is C14H21BrN2O. The van der Waals surface area contributed by atoms with E-state index in [2.05, 4.69) is 57.9 Å². The van der Waals surface area contributed by atoms with Gasteiger partial charge in [-0.1, -0.05) is 12.1 Å². The first-order valence-corrected chi connectivity index (χ1v) is 7.24. The fourth-order valence-corrected chi connectivity index (χ4v) is 3.10. The van der Waals surface area contributed by atoms with Crippen LogP contribution in [0, 0.1) is 6.92 Å². The van der Waals surface area contributed by atoms with Crippen molar-refractivity contribution in [2.75, 3.05) is 51.3 Å². The van der Waals surface area contributed by atoms with Crippen molar-refractivity contribution in [1.82, 2.24) is 4.90 Å². The number of halogens is 1. The molecule has 1 aliphatic heterocycles. The molecule has 1 fully saturated rings. The lowest BCUT2D eigenvalue weighted by atomic mass is 10.2. The van der Waals surface area contributed by atoms with Crippen LogP contribution in [0.1, 0.15) is 5.56 Å². The predicted octanol–water partition coefficient (Wildman–Crippen LogP) is 2.53. The molecule has 0 atom stereocenters. The van der Waals surface area contributed by atoms with Crippen molar-refractivity contribution < 1.29 is 4.74 Å². The summed E-state index contributed by atoms with van der Waals surface area (Å²) in [5, 5.41) is 0. The zero-order valence-electron chi connectivity index (χ0n) is 11.2. The third-order valence-electron chi connectivity index (χ3n) is 3.43. The van der Waals surface area contributed by atoms with Crippen LogP contribution in [0.5, 0.6) is 0 Å². The highest BCUT2D eigenvalue weighted by atomic mass is 79.9. The van der Waals surface area contributed by atoms with Crippen LogP contribution in [0.2, 0.25) is 0 Å². The summed E-state index contributed by atoms with van der Waals surface area (Å²) in [6.07, 6.45) is 0. The van der Waals surface area contributed by atoms with Crippen LogP contribution in [0.25, 0.3) is 0 Å². The zero-order chi connectivity index (χ0) is 13.0. The van der Waals surface area contributed by atoms with Gasteiger partial charge in [0, 0.05) is 37.7 Å². The average molecular weight is 313 g/mol. The molecule has 100 valence electrons. The lowest BCUT2D eigenvalue weighted by Crippen LogP contribution is -2.40. The summed E-state index contributed by atoms with van der Waals surface area (Å²) in [6, 6.07) is 6.34. The molecule has 0 amide bonds. The maximum absolute atomic E-state index is 5.37. The Morgan fingerprint density at radius 1 is 1.33 bits per heavy atom. The van der Waals surface area contributed by atoms with E-state index in [-0.39, 0.29) is 0 Å². The minimum Gasteiger partial charge on any atom is -0.379 e. The topological polar surface area (TPSA) is 15.7 Å². The molecule has 1 saturated heterocycles. The summed E-state index contributed by atoms with van der Waals surface area (Å²) >= 11 is 3.64. The van der Waals surface area contributed by atoms with E-state index < -0.39 is 0 Å². The zero-order valence-corrected chi connectivity index (χ0v) is 12.7. The molecule has 1 aliphatic rings. The van der Waals surface area contributed by atoms with Gasteiger partial charge in [-0.15, -0.1) is 0 Å². The van der Waals surface area contributed by atoms with Gasteiger partial charge in [0.1, 0.15) is 0 Å². The molecule has 0 unspecified atom stereocenters. The molecule has 3 nitrogen and oxygen atoms in total. The van der Waals surface area contributed by atoms with Crippen molar-refractivity contribution in [3.05, 3.63) is 28.2 Å². The van der Waals surface area contributed by atoms with Crippen molar-refractivity contribution >= 4 is 21.6 Å². The van der Waals surface area contributed by atoms with Gasteiger partial charge < -0.3 is 9.64 Å². The normalized spacial score (nSPS) is 16.8. The summed E-state index contributed by atoms with van der Waals surface area (Å²) in [5.41, 5.74) is 2.61. The van der Waals surface area contributed by atoms with Crippen molar-refractivity contribution in [2.45, 2.75) is 6.92 Å². The molecule has 1 heterocycles. The molecule has 0 aliphatic carbocycles. The Balaban J connectivity index is 1.92. The molecule has 18 heavy (non-hydrogen) atoms. The molecule has 0 aromatic heterocycles. The van der Waals surface area contributed by atoms with E-state index in [9.17, 15) is 0 Å². The number of para-hydroxylation sites is 1. The quantitative estimate of drug-likeness (QED) is 0.849. The number of aryl methyl sites for hydroxylation is 1. The minimum absolute atomic E-state index is 0.873. The summed E-state index contributed by atoms with van der Waals surface area (Å²) in [5.74, 6) is 0. The van der Waals surface area contributed by atoms with Gasteiger partial charge in [-0.05, 0) is 34.5 Å². The van der Waals surface area contributed by atoms with E-state index in [1.165, 1.54) is 15.7 Å². The van der Waals surface area contributed by atoms with Crippen LogP contribution in [0.15, 0.2) is 22.7 Å². The van der Waals surface area contributed by atoms with Gasteiger partial charge in [-0.25, -0.2) is 0 Å². The largest absolute Gasteiger partial charge is 0.379 e. The van der Waals surface area contributed by atoms with Gasteiger partial charge in [0.25, 0.3) is 0 Å². The Hall–Kier alpha value is -0.580. The van der Waals surface area contributed by atoms with Gasteiger partial charge in [0.15, 0.2) is 0 Å². The van der Waals surface area contributed by atoms with Crippen LogP contribution in [0.4, 0.5) is 5.69 Å². The van der Waals surface area contributed by atoms with E-state index >= 15 is 0 Å². The van der Waals surface area contributed by atoms with Gasteiger partial charge in [0.2, 0.25) is 0 Å². The van der Waals surface area contributed by atoms with E-state index in [0.29, 0.717) is 0 Å². The monoisotopic (exact) mass is 312 g/mol. The second-order valence-electron chi connectivity index (χ2n) is 4.78. The average Bonchev–Trinajstić information content (AvgIpc) is 2.37. The summed E-state index contributed by atoms with van der Waals surface area (Å²) in [6.45, 7) is 8.16. The van der Waals surface area contributed by atoms with Crippen molar-refractivity contribution in [3.63, 3.8) is 0 Å². The maximum Gasteiger partial charge on any atom is 0.0594 e. The molecular weight excluding hydrogens is 292 g/mol. The predicted molar refractivity (Wildman–Crippen MR) is 79.4 cm³/mol. The second kappa shape index (κ2) is 6.55. The van der Waals surface area contributed by atoms with Crippen molar-refractivity contribution in [2.24, 2.45) is 0 Å². The number of morpholine rings is 1. The standard InChI is InChI=1S/C14H21BrN2O/c1-12-4-3-5-13(15)14(12)16(2)6-7-17-8-10-18-11-9-17/h3-5H,6-11H2,1-2H3. The maximum atomic E-state index is 5.37. The first-order chi connectivity index (χ1) is 8.68. The molecule has 0 radical (unpaired) electrons. The number of benzene rings is 1. The number of hydrogen-bond acceptors (Lipinski definition) is 3. The van der Waals surface area contributed by atoms with Crippen LogP contribution >= 0.6 is 15.9 Å². The SMILES string of the molecule is Cc1cccc(Br)c1N(C)CCN1CCOCC1. The Morgan fingerprint density at radius 2 is 2.06 bits per heavy atom. The summed E-state index contributed by atoms with van der Waals surface area (Å²) < 4.78 is 6.54. The highest BCUT2D eigenvalue weighted by Gasteiger charge is 2.13. The highest BCUT2D eigenvalue weighted by molar-refractivity contribution is 9.10. The van der Waals surface area contributed by atoms with Gasteiger partial charge in [0.05, 0.1) is 18.9 Å². The van der Waals surface area contributed by atoms with Crippen molar-refractivity contribution in [3.8, 4) is 0 Å². The number of nitrogens with zero attached hydrogens (tertiary/aromatic N) is 2. The van der Waals surface area contributed by atoms with Crippen LogP contribution < -0.4 is 4.90 Å². The Kier molecular flexibility index (Phi) is 5.03. The number of ether oxygens (including phenoxy) is 1. The third-order valence-corrected chi connectivity index (χ3v) is 4.07. The summed E-state index contributed by atoms with van der Waals surface area (Å²) in [7, 11) is 2.16. The number of hydrogen-bond donors (Lipinski definition) is 0. The van der Waals surface area contributed by atoms with E-state index in [4.69, 9.17) is 4.74 Å². The fourth-order valence-electron chi connectivity index (χ4n) is 2.33. The molecule has 1 aromatic carbocycles. The van der Waals surface area contributed by atoms with Crippen LogP contribution in [-0.4, -0.2) is 51.3 Å². The van der Waals surface area contributed by atoms with Gasteiger partial charge >= 0.3 is 0 Å². The fraction of sp³-hybridized carbons (Fsp3) is 0.571. The molecule has 4 heteroatoms. The van der Waals surface area contributed by atoms with E-state index in [1.54, 1.807) is 0 Å². The lowest BCUT2D eigenvalue weighted by molar-refractivity contribution is 0.0393. The van der Waals surface area contributed by atoms with Crippen LogP contribution in [0.3, 0.4) is 0 Å². The number of likely N-dealkylation sites (N-methyl/N-ethyl adjacent to an activating group) is 1. The highest BCUT2D eigenvalue weighted by Crippen LogP contribution is 2.28. The second-order valence-corrected chi connectivity index (χ2v) is 5.64. The van der Waals surface area contributed by atoms with Crippen molar-refractivity contribution in [1.29, 1.82) is 0 Å². The number of rotatable bonds is 4. The van der Waals surface area contributed by atoms with E-state index in [0.717, 1.165) is 39.4 Å². The Bertz CT molecular complexity index is 371. The Labute approximate surface area is 118 Å². The first-order valence-electron chi connectivity index (χ1n) is 6.45. The smallest absolute Gasteiger partial charge is 0.0594 e. The Morgan fingerprint density at radius 3 is 2.72 bits per heavy atom. The van der Waals surface area contributed by atoms with Crippen LogP contribution in [-0.2, 0) is 4.74 Å². The molecule has 2 rings (SSSR count). The molecule has 1 aromatic rings. The third kappa shape index (κ3) is 3.46. The minimum atomic E-state index is 0.873. The molecule has 0 saturated carbocycles. The first kappa shape index (κ1) is 13.8. The molecule has 0 N–H and O–H groups in total. The van der Waals surface area contributed by atoms with E-state index in [1.807, 2.05) is 0 Å². The lowest BCUT2D eigenvalue weighted by Gasteiger charge is -2.30. The van der Waals surface area contributed by atoms with Gasteiger partial charge in [-0.2, -0.15) is 0 Å². The molecule has 0 spiro atoms. The summed E-state index contributed by atoms with van der Waals surface area (Å²) in [4.78, 5) is 4.79.